The van der Waals surface area contributed by atoms with Gasteiger partial charge in [-0.05, 0) is 66.6 Å². The van der Waals surface area contributed by atoms with Gasteiger partial charge in [-0.2, -0.15) is 0 Å². The van der Waals surface area contributed by atoms with Crippen LogP contribution in [0.25, 0.3) is 5.57 Å². The highest BCUT2D eigenvalue weighted by atomic mass is 16.7. The van der Waals surface area contributed by atoms with Crippen LogP contribution in [0.2, 0.25) is 0 Å². The van der Waals surface area contributed by atoms with Crippen LogP contribution < -0.4 is 14.8 Å². The third kappa shape index (κ3) is 3.23. The van der Waals surface area contributed by atoms with Crippen molar-refractivity contribution in [1.82, 2.24) is 5.32 Å². The molecule has 2 aromatic carbocycles. The van der Waals surface area contributed by atoms with Gasteiger partial charge in [0.2, 0.25) is 0 Å². The maximum atomic E-state index is 5.65. The van der Waals surface area contributed by atoms with Crippen LogP contribution in [-0.4, -0.2) is 25.7 Å². The molecule has 2 bridgehead atoms. The van der Waals surface area contributed by atoms with Crippen LogP contribution in [0.3, 0.4) is 0 Å². The molecule has 4 aliphatic heterocycles. The average molecular weight is 391 g/mol. The third-order valence-electron chi connectivity index (χ3n) is 6.48. The summed E-state index contributed by atoms with van der Waals surface area (Å²) in [5.41, 5.74) is 7.62. The minimum absolute atomic E-state index is 0.333. The predicted octanol–water partition coefficient (Wildman–Crippen LogP) is 4.14. The summed E-state index contributed by atoms with van der Waals surface area (Å²) in [6.45, 7) is 1.87. The fourth-order valence-electron chi connectivity index (χ4n) is 5.17. The van der Waals surface area contributed by atoms with E-state index in [1.54, 1.807) is 5.57 Å². The van der Waals surface area contributed by atoms with Crippen molar-refractivity contribution in [3.63, 3.8) is 0 Å². The van der Waals surface area contributed by atoms with Gasteiger partial charge in [0.05, 0.1) is 13.2 Å². The number of ether oxygens (including phenoxy) is 4. The number of benzene rings is 2. The molecule has 2 unspecified atom stereocenters. The van der Waals surface area contributed by atoms with Crippen molar-refractivity contribution in [3.8, 4) is 11.5 Å². The summed E-state index contributed by atoms with van der Waals surface area (Å²) < 4.78 is 22.3. The Morgan fingerprint density at radius 1 is 0.759 bits per heavy atom. The molecule has 0 spiro atoms. The molecule has 5 heteroatoms. The molecule has 2 aromatic rings. The topological polar surface area (TPSA) is 49.0 Å². The van der Waals surface area contributed by atoms with Crippen LogP contribution in [0.4, 0.5) is 0 Å². The fraction of sp³-hybridized carbons (Fsp3) is 0.417. The minimum Gasteiger partial charge on any atom is -0.467 e. The van der Waals surface area contributed by atoms with E-state index in [-0.39, 0.29) is 0 Å². The Kier molecular flexibility index (Phi) is 4.33. The zero-order chi connectivity index (χ0) is 19.2. The lowest BCUT2D eigenvalue weighted by Gasteiger charge is -2.28. The molecule has 0 saturated carbocycles. The first-order valence-corrected chi connectivity index (χ1v) is 10.5. The SMILES string of the molecule is c1cc2c(cc1C(=C1CC3CCC(C1)N3)c1ccc3c(c1)COCO3)COCO2. The van der Waals surface area contributed by atoms with Gasteiger partial charge in [-0.3, -0.25) is 0 Å². The highest BCUT2D eigenvalue weighted by molar-refractivity contribution is 5.83. The van der Waals surface area contributed by atoms with Gasteiger partial charge in [0.25, 0.3) is 0 Å². The van der Waals surface area contributed by atoms with Crippen molar-refractivity contribution < 1.29 is 18.9 Å². The van der Waals surface area contributed by atoms with Crippen molar-refractivity contribution in [3.05, 3.63) is 64.2 Å². The number of piperidine rings is 1. The second-order valence-corrected chi connectivity index (χ2v) is 8.39. The Balaban J connectivity index is 1.49. The van der Waals surface area contributed by atoms with Gasteiger partial charge in [0, 0.05) is 23.2 Å². The lowest BCUT2D eigenvalue weighted by Crippen LogP contribution is -2.35. The van der Waals surface area contributed by atoms with E-state index in [4.69, 9.17) is 18.9 Å². The first-order valence-electron chi connectivity index (χ1n) is 10.5. The molecule has 29 heavy (non-hydrogen) atoms. The number of fused-ring (bicyclic) bond motifs is 4. The van der Waals surface area contributed by atoms with Crippen molar-refractivity contribution >= 4 is 5.57 Å². The summed E-state index contributed by atoms with van der Waals surface area (Å²) >= 11 is 0. The van der Waals surface area contributed by atoms with E-state index < -0.39 is 0 Å². The molecule has 0 amide bonds. The lowest BCUT2D eigenvalue weighted by atomic mass is 9.85. The largest absolute Gasteiger partial charge is 0.467 e. The number of nitrogens with one attached hydrogen (secondary N) is 1. The summed E-state index contributed by atoms with van der Waals surface area (Å²) in [6.07, 6.45) is 4.78. The Bertz CT molecular complexity index is 907. The second kappa shape index (κ2) is 7.17. The monoisotopic (exact) mass is 391 g/mol. The summed E-state index contributed by atoms with van der Waals surface area (Å²) in [5.74, 6) is 1.86. The van der Waals surface area contributed by atoms with Gasteiger partial charge >= 0.3 is 0 Å². The van der Waals surface area contributed by atoms with Crippen molar-refractivity contribution in [2.75, 3.05) is 13.6 Å². The molecular weight excluding hydrogens is 366 g/mol. The molecule has 2 atom stereocenters. The molecule has 5 nitrogen and oxygen atoms in total. The van der Waals surface area contributed by atoms with E-state index in [0.717, 1.165) is 35.5 Å². The molecule has 150 valence electrons. The van der Waals surface area contributed by atoms with Crippen LogP contribution in [0, 0.1) is 0 Å². The molecule has 2 saturated heterocycles. The van der Waals surface area contributed by atoms with E-state index in [1.807, 2.05) is 0 Å². The van der Waals surface area contributed by atoms with Gasteiger partial charge in [-0.15, -0.1) is 0 Å². The predicted molar refractivity (Wildman–Crippen MR) is 109 cm³/mol. The molecule has 6 rings (SSSR count). The van der Waals surface area contributed by atoms with E-state index in [0.29, 0.717) is 38.9 Å². The van der Waals surface area contributed by atoms with Crippen LogP contribution in [-0.2, 0) is 22.7 Å². The molecule has 2 fully saturated rings. The van der Waals surface area contributed by atoms with Gasteiger partial charge in [-0.1, -0.05) is 17.7 Å². The van der Waals surface area contributed by atoms with Crippen molar-refractivity contribution in [2.45, 2.75) is 51.0 Å². The molecule has 0 aromatic heterocycles. The van der Waals surface area contributed by atoms with Crippen LogP contribution in [0.1, 0.15) is 47.9 Å². The van der Waals surface area contributed by atoms with Gasteiger partial charge in [0.15, 0.2) is 13.6 Å². The van der Waals surface area contributed by atoms with E-state index in [2.05, 4.69) is 41.7 Å². The Labute approximate surface area is 170 Å². The molecule has 1 N–H and O–H groups in total. The molecule has 4 aliphatic rings. The van der Waals surface area contributed by atoms with Crippen LogP contribution in [0.5, 0.6) is 11.5 Å². The van der Waals surface area contributed by atoms with Gasteiger partial charge in [-0.25, -0.2) is 0 Å². The van der Waals surface area contributed by atoms with Crippen molar-refractivity contribution in [1.29, 1.82) is 0 Å². The number of hydrogen-bond donors (Lipinski definition) is 1. The van der Waals surface area contributed by atoms with Crippen molar-refractivity contribution in [2.24, 2.45) is 0 Å². The first kappa shape index (κ1) is 17.5. The smallest absolute Gasteiger partial charge is 0.189 e. The van der Waals surface area contributed by atoms with E-state index in [1.165, 1.54) is 29.5 Å². The maximum Gasteiger partial charge on any atom is 0.189 e. The Morgan fingerprint density at radius 2 is 1.31 bits per heavy atom. The van der Waals surface area contributed by atoms with E-state index in [9.17, 15) is 0 Å². The summed E-state index contributed by atoms with van der Waals surface area (Å²) in [7, 11) is 0. The Hall–Kier alpha value is -2.34. The standard InChI is InChI=1S/C24H25NO4/c1-5-22-18(11-26-13-28-22)7-15(1)24(17-9-20-3-4-21(10-17)25-20)16-2-6-23-19(8-16)12-27-14-29-23/h1-2,5-8,20-21,25H,3-4,9-14H2. The summed E-state index contributed by atoms with van der Waals surface area (Å²) in [4.78, 5) is 0. The second-order valence-electron chi connectivity index (χ2n) is 8.39. The molecule has 0 radical (unpaired) electrons. The summed E-state index contributed by atoms with van der Waals surface area (Å²) in [5, 5.41) is 3.76. The molecule has 0 aliphatic carbocycles. The Morgan fingerprint density at radius 3 is 1.86 bits per heavy atom. The zero-order valence-electron chi connectivity index (χ0n) is 16.4. The van der Waals surface area contributed by atoms with Crippen LogP contribution >= 0.6 is 0 Å². The third-order valence-corrected chi connectivity index (χ3v) is 6.48. The highest BCUT2D eigenvalue weighted by Gasteiger charge is 2.32. The van der Waals surface area contributed by atoms with Crippen LogP contribution in [0.15, 0.2) is 42.0 Å². The molecular formula is C24H25NO4. The highest BCUT2D eigenvalue weighted by Crippen LogP contribution is 2.40. The van der Waals surface area contributed by atoms with Gasteiger partial charge < -0.3 is 24.3 Å². The van der Waals surface area contributed by atoms with E-state index >= 15 is 0 Å². The minimum atomic E-state index is 0.333. The summed E-state index contributed by atoms with van der Waals surface area (Å²) in [6, 6.07) is 14.3. The quantitative estimate of drug-likeness (QED) is 0.834. The first-order chi connectivity index (χ1) is 14.3. The zero-order valence-corrected chi connectivity index (χ0v) is 16.4. The molecule has 4 heterocycles. The van der Waals surface area contributed by atoms with Gasteiger partial charge in [0.1, 0.15) is 11.5 Å². The average Bonchev–Trinajstić information content (AvgIpc) is 3.11. The normalized spacial score (nSPS) is 24.9. The number of hydrogen-bond acceptors (Lipinski definition) is 5. The fourth-order valence-corrected chi connectivity index (χ4v) is 5.17. The lowest BCUT2D eigenvalue weighted by molar-refractivity contribution is -0.0164. The number of rotatable bonds is 2. The maximum absolute atomic E-state index is 5.65.